The average molecular weight is 508 g/mol. The molecule has 0 unspecified atom stereocenters. The molecule has 0 aliphatic heterocycles. The number of nitrogens with zero attached hydrogens (tertiary/aromatic N) is 3. The molecule has 3 heteroatoms. The van der Waals surface area contributed by atoms with Crippen molar-refractivity contribution in [3.63, 3.8) is 0 Å². The molecular weight excluding hydrogens is 486 g/mol. The molecule has 0 N–H and O–H groups in total. The topological polar surface area (TPSA) is 38.7 Å². The first kappa shape index (κ1) is 21.5. The molecular formula is C37H21N3. The highest BCUT2D eigenvalue weighted by atomic mass is 14.8. The first-order valence-electron chi connectivity index (χ1n) is 13.5. The Labute approximate surface area is 229 Å². The Morgan fingerprint density at radius 3 is 1.40 bits per heavy atom. The first-order chi connectivity index (χ1) is 19.8. The Bertz CT molecular complexity index is 2400. The van der Waals surface area contributed by atoms with Crippen molar-refractivity contribution in [1.82, 2.24) is 15.0 Å². The number of hydrogen-bond acceptors (Lipinski definition) is 3. The van der Waals surface area contributed by atoms with Crippen LogP contribution in [0.5, 0.6) is 0 Å². The van der Waals surface area contributed by atoms with Crippen molar-refractivity contribution in [1.29, 1.82) is 0 Å². The van der Waals surface area contributed by atoms with E-state index in [9.17, 15) is 0 Å². The van der Waals surface area contributed by atoms with Gasteiger partial charge in [0.1, 0.15) is 0 Å². The van der Waals surface area contributed by atoms with E-state index in [0.29, 0.717) is 0 Å². The lowest BCUT2D eigenvalue weighted by Gasteiger charge is -2.16. The van der Waals surface area contributed by atoms with Gasteiger partial charge in [-0.1, -0.05) is 78.9 Å². The highest BCUT2D eigenvalue weighted by Crippen LogP contribution is 2.44. The summed E-state index contributed by atoms with van der Waals surface area (Å²) in [7, 11) is 0. The van der Waals surface area contributed by atoms with Gasteiger partial charge in [0, 0.05) is 23.5 Å². The van der Waals surface area contributed by atoms with Crippen LogP contribution in [0.3, 0.4) is 0 Å². The largest absolute Gasteiger partial charge is 0.265 e. The van der Waals surface area contributed by atoms with Crippen LogP contribution in [0.1, 0.15) is 0 Å². The second-order valence-electron chi connectivity index (χ2n) is 10.5. The molecule has 0 bridgehead atoms. The monoisotopic (exact) mass is 507 g/mol. The molecule has 0 saturated heterocycles. The number of benzene rings is 6. The second-order valence-corrected chi connectivity index (χ2v) is 10.5. The third-order valence-electron chi connectivity index (χ3n) is 8.35. The van der Waals surface area contributed by atoms with Crippen molar-refractivity contribution < 1.29 is 0 Å². The van der Waals surface area contributed by atoms with E-state index in [4.69, 9.17) is 9.97 Å². The lowest BCUT2D eigenvalue weighted by Crippen LogP contribution is -1.92. The molecule has 0 radical (unpaired) electrons. The van der Waals surface area contributed by atoms with Gasteiger partial charge in [0.15, 0.2) is 0 Å². The van der Waals surface area contributed by atoms with Gasteiger partial charge >= 0.3 is 0 Å². The van der Waals surface area contributed by atoms with E-state index in [1.807, 2.05) is 24.5 Å². The van der Waals surface area contributed by atoms with E-state index in [2.05, 4.69) is 96.0 Å². The van der Waals surface area contributed by atoms with E-state index in [1.54, 1.807) is 12.4 Å². The van der Waals surface area contributed by atoms with Crippen LogP contribution < -0.4 is 0 Å². The predicted molar refractivity (Wildman–Crippen MR) is 167 cm³/mol. The van der Waals surface area contributed by atoms with Gasteiger partial charge in [-0.2, -0.15) is 0 Å². The van der Waals surface area contributed by atoms with E-state index >= 15 is 0 Å². The van der Waals surface area contributed by atoms with Crippen molar-refractivity contribution >= 4 is 64.6 Å². The number of pyridine rings is 1. The lowest BCUT2D eigenvalue weighted by atomic mass is 9.87. The van der Waals surface area contributed by atoms with Crippen LogP contribution in [0, 0.1) is 0 Å². The van der Waals surface area contributed by atoms with E-state index < -0.39 is 0 Å². The zero-order chi connectivity index (χ0) is 26.2. The van der Waals surface area contributed by atoms with Crippen LogP contribution in [0.4, 0.5) is 0 Å². The molecule has 7 aromatic carbocycles. The predicted octanol–water partition coefficient (Wildman–Crippen LogP) is 9.56. The molecule has 9 aromatic rings. The van der Waals surface area contributed by atoms with E-state index in [0.717, 1.165) is 22.5 Å². The smallest absolute Gasteiger partial charge is 0.0886 e. The highest BCUT2D eigenvalue weighted by Gasteiger charge is 2.16. The van der Waals surface area contributed by atoms with Gasteiger partial charge in [0.05, 0.1) is 23.8 Å². The fourth-order valence-electron chi connectivity index (χ4n) is 6.58. The molecule has 0 amide bonds. The highest BCUT2D eigenvalue weighted by molar-refractivity contribution is 6.37. The Morgan fingerprint density at radius 2 is 0.850 bits per heavy atom. The SMILES string of the molecule is c1cc2ccc3cccc4c5cc(-c6cnc(-c7ccncc7)cn6)cc6ccc7cccc(c(c1)c2c34)c7c65. The van der Waals surface area contributed by atoms with Gasteiger partial charge in [0.25, 0.3) is 0 Å². The van der Waals surface area contributed by atoms with Crippen LogP contribution in [-0.2, 0) is 0 Å². The van der Waals surface area contributed by atoms with E-state index in [1.165, 1.54) is 64.6 Å². The summed E-state index contributed by atoms with van der Waals surface area (Å²) < 4.78 is 0. The van der Waals surface area contributed by atoms with Gasteiger partial charge in [-0.15, -0.1) is 0 Å². The lowest BCUT2D eigenvalue weighted by molar-refractivity contribution is 1.20. The minimum atomic E-state index is 0.838. The normalized spacial score (nSPS) is 12.0. The third kappa shape index (κ3) is 2.97. The fourth-order valence-corrected chi connectivity index (χ4v) is 6.58. The first-order valence-corrected chi connectivity index (χ1v) is 13.5. The number of aromatic nitrogens is 3. The standard InChI is InChI=1S/C37H21N3/c1-4-23-10-11-24-6-3-9-30-31-19-27(33-21-39-32(20-40-33)22-14-16-38-17-15-22)18-26-13-12-25-5-2-8-29(35(25)37(26)31)28(7-1)34(23)36(24)30/h1-21H. The molecule has 40 heavy (non-hydrogen) atoms. The Morgan fingerprint density at radius 1 is 0.375 bits per heavy atom. The van der Waals surface area contributed by atoms with Gasteiger partial charge in [0.2, 0.25) is 0 Å². The Kier molecular flexibility index (Phi) is 4.33. The number of rotatable bonds is 2. The molecule has 3 nitrogen and oxygen atoms in total. The van der Waals surface area contributed by atoms with Gasteiger partial charge in [-0.25, -0.2) is 0 Å². The van der Waals surface area contributed by atoms with Crippen molar-refractivity contribution in [2.45, 2.75) is 0 Å². The summed E-state index contributed by atoms with van der Waals surface area (Å²) in [6.45, 7) is 0. The third-order valence-corrected chi connectivity index (χ3v) is 8.35. The van der Waals surface area contributed by atoms with Gasteiger partial charge in [-0.05, 0) is 88.9 Å². The second kappa shape index (κ2) is 8.05. The quantitative estimate of drug-likeness (QED) is 0.219. The van der Waals surface area contributed by atoms with Crippen LogP contribution in [0.2, 0.25) is 0 Å². The number of hydrogen-bond donors (Lipinski definition) is 0. The van der Waals surface area contributed by atoms with E-state index in [-0.39, 0.29) is 0 Å². The minimum absolute atomic E-state index is 0.838. The summed E-state index contributed by atoms with van der Waals surface area (Å²) in [6.07, 6.45) is 7.30. The van der Waals surface area contributed by atoms with Crippen molar-refractivity contribution in [2.24, 2.45) is 0 Å². The molecule has 0 fully saturated rings. The summed E-state index contributed by atoms with van der Waals surface area (Å²) in [5.74, 6) is 0. The summed E-state index contributed by atoms with van der Waals surface area (Å²) in [6, 6.07) is 37.6. The van der Waals surface area contributed by atoms with Crippen LogP contribution in [0.25, 0.3) is 87.1 Å². The molecule has 9 rings (SSSR count). The summed E-state index contributed by atoms with van der Waals surface area (Å²) in [5, 5.41) is 15.3. The molecule has 0 atom stereocenters. The van der Waals surface area contributed by atoms with Crippen LogP contribution in [-0.4, -0.2) is 15.0 Å². The van der Waals surface area contributed by atoms with Crippen molar-refractivity contribution in [3.05, 3.63) is 128 Å². The van der Waals surface area contributed by atoms with Crippen LogP contribution >= 0.6 is 0 Å². The Hall–Kier alpha value is -5.41. The maximum Gasteiger partial charge on any atom is 0.0886 e. The van der Waals surface area contributed by atoms with Gasteiger partial charge < -0.3 is 0 Å². The summed E-state index contributed by atoms with van der Waals surface area (Å²) in [5.41, 5.74) is 3.77. The molecule has 2 aromatic heterocycles. The summed E-state index contributed by atoms with van der Waals surface area (Å²) in [4.78, 5) is 13.8. The molecule has 0 spiro atoms. The zero-order valence-corrected chi connectivity index (χ0v) is 21.5. The Balaban J connectivity index is 1.46. The van der Waals surface area contributed by atoms with Crippen LogP contribution in [0.15, 0.2) is 128 Å². The maximum atomic E-state index is 4.87. The fraction of sp³-hybridized carbons (Fsp3) is 0. The molecule has 0 saturated carbocycles. The van der Waals surface area contributed by atoms with Gasteiger partial charge in [-0.3, -0.25) is 15.0 Å². The van der Waals surface area contributed by atoms with Crippen molar-refractivity contribution in [3.8, 4) is 22.5 Å². The number of fused-ring (bicyclic) bond motifs is 2. The zero-order valence-electron chi connectivity index (χ0n) is 21.5. The summed E-state index contributed by atoms with van der Waals surface area (Å²) >= 11 is 0. The molecule has 2 heterocycles. The average Bonchev–Trinajstić information content (AvgIpc) is 3.03. The molecule has 0 aliphatic carbocycles. The molecule has 184 valence electrons. The van der Waals surface area contributed by atoms with Crippen molar-refractivity contribution in [2.75, 3.05) is 0 Å². The maximum absolute atomic E-state index is 4.87. The molecule has 0 aliphatic rings. The minimum Gasteiger partial charge on any atom is -0.265 e.